The first-order valence-corrected chi connectivity index (χ1v) is 11.0. The summed E-state index contributed by atoms with van der Waals surface area (Å²) >= 11 is 1.55. The number of rotatable bonds is 6. The number of amides is 2. The number of hydrazine groups is 1. The zero-order valence-corrected chi connectivity index (χ0v) is 19.3. The molecule has 0 unspecified atom stereocenters. The van der Waals surface area contributed by atoms with Gasteiger partial charge < -0.3 is 14.0 Å². The predicted octanol–water partition coefficient (Wildman–Crippen LogP) is 4.05. The Kier molecular flexibility index (Phi) is 6.27. The number of aromatic nitrogens is 2. The van der Waals surface area contributed by atoms with E-state index in [0.717, 1.165) is 9.75 Å². The van der Waals surface area contributed by atoms with Crippen molar-refractivity contribution in [2.24, 2.45) is 0 Å². The Morgan fingerprint density at radius 2 is 1.85 bits per heavy atom. The van der Waals surface area contributed by atoms with Crippen molar-refractivity contribution in [3.8, 4) is 22.1 Å². The van der Waals surface area contributed by atoms with Gasteiger partial charge in [-0.1, -0.05) is 5.16 Å². The molecule has 9 nitrogen and oxygen atoms in total. The molecule has 2 N–H and O–H groups in total. The highest BCUT2D eigenvalue weighted by molar-refractivity contribution is 7.15. The van der Waals surface area contributed by atoms with E-state index in [1.54, 1.807) is 42.5 Å². The molecule has 0 saturated heterocycles. The number of hydrogen-bond donors (Lipinski definition) is 2. The van der Waals surface area contributed by atoms with Crippen LogP contribution in [0, 0.1) is 13.8 Å². The summed E-state index contributed by atoms with van der Waals surface area (Å²) in [7, 11) is 1.49. The lowest BCUT2D eigenvalue weighted by Crippen LogP contribution is -2.41. The molecule has 1 aromatic carbocycles. The lowest BCUT2D eigenvalue weighted by molar-refractivity contribution is 0.0847. The summed E-state index contributed by atoms with van der Waals surface area (Å²) in [6.45, 7) is 6.04. The molecule has 0 atom stereocenters. The van der Waals surface area contributed by atoms with E-state index in [0.29, 0.717) is 46.0 Å². The molecular formula is C23H22N4O5S. The molecule has 4 aromatic rings. The Morgan fingerprint density at radius 1 is 1.06 bits per heavy atom. The smallest absolute Gasteiger partial charge is 0.270 e. The summed E-state index contributed by atoms with van der Waals surface area (Å²) in [5.41, 5.74) is 6.86. The summed E-state index contributed by atoms with van der Waals surface area (Å²) < 4.78 is 16.1. The lowest BCUT2D eigenvalue weighted by atomic mass is 10.1. The van der Waals surface area contributed by atoms with Crippen LogP contribution < -0.4 is 20.3 Å². The van der Waals surface area contributed by atoms with Crippen LogP contribution in [0.5, 0.6) is 11.5 Å². The number of ether oxygens (including phenoxy) is 2. The standard InChI is InChI=1S/C23H22N4O5S/c1-5-31-17-8-7-14(10-18(17)30-4)21(28)25-26-22(29)15-11-16(19-9-6-12(2)33-19)24-23-20(15)13(3)27-32-23/h6-11H,5H2,1-4H3,(H,25,28)(H,26,29). The normalized spacial score (nSPS) is 10.8. The van der Waals surface area contributed by atoms with Crippen LogP contribution in [0.1, 0.15) is 38.2 Å². The van der Waals surface area contributed by atoms with Crippen LogP contribution in [0.25, 0.3) is 21.7 Å². The molecular weight excluding hydrogens is 444 g/mol. The van der Waals surface area contributed by atoms with E-state index in [9.17, 15) is 9.59 Å². The zero-order valence-electron chi connectivity index (χ0n) is 18.5. The molecule has 3 aromatic heterocycles. The maximum Gasteiger partial charge on any atom is 0.270 e. The Morgan fingerprint density at radius 3 is 2.55 bits per heavy atom. The van der Waals surface area contributed by atoms with E-state index >= 15 is 0 Å². The molecule has 2 amide bonds. The van der Waals surface area contributed by atoms with Gasteiger partial charge in [0.15, 0.2) is 11.5 Å². The van der Waals surface area contributed by atoms with Crippen LogP contribution in [0.4, 0.5) is 0 Å². The number of aryl methyl sites for hydroxylation is 2. The van der Waals surface area contributed by atoms with Gasteiger partial charge in [0, 0.05) is 10.4 Å². The first-order valence-electron chi connectivity index (χ1n) is 10.2. The van der Waals surface area contributed by atoms with Crippen LogP contribution in [0.2, 0.25) is 0 Å². The fraction of sp³-hybridized carbons (Fsp3) is 0.217. The Hall–Kier alpha value is -3.92. The number of fused-ring (bicyclic) bond motifs is 1. The predicted molar refractivity (Wildman–Crippen MR) is 124 cm³/mol. The van der Waals surface area contributed by atoms with Crippen molar-refractivity contribution in [2.45, 2.75) is 20.8 Å². The first-order chi connectivity index (χ1) is 15.9. The number of nitrogens with zero attached hydrogens (tertiary/aromatic N) is 2. The number of carbonyl (C=O) groups is 2. The Bertz CT molecular complexity index is 1340. The van der Waals surface area contributed by atoms with Gasteiger partial charge in [0.2, 0.25) is 0 Å². The summed E-state index contributed by atoms with van der Waals surface area (Å²) in [6, 6.07) is 10.3. The second-order valence-electron chi connectivity index (χ2n) is 7.12. The largest absolute Gasteiger partial charge is 0.493 e. The van der Waals surface area contributed by atoms with Crippen molar-refractivity contribution in [3.05, 3.63) is 58.1 Å². The van der Waals surface area contributed by atoms with E-state index in [1.165, 1.54) is 7.11 Å². The maximum atomic E-state index is 13.0. The minimum atomic E-state index is -0.519. The number of methoxy groups -OCH3 is 1. The molecule has 0 bridgehead atoms. The zero-order chi connectivity index (χ0) is 23.5. The van der Waals surface area contributed by atoms with Crippen molar-refractivity contribution < 1.29 is 23.6 Å². The third kappa shape index (κ3) is 4.51. The molecule has 0 radical (unpaired) electrons. The number of hydrogen-bond acceptors (Lipinski definition) is 8. The van der Waals surface area contributed by atoms with Gasteiger partial charge >= 0.3 is 0 Å². The Balaban J connectivity index is 1.58. The minimum Gasteiger partial charge on any atom is -0.493 e. The van der Waals surface area contributed by atoms with Crippen molar-refractivity contribution in [3.63, 3.8) is 0 Å². The van der Waals surface area contributed by atoms with E-state index < -0.39 is 11.8 Å². The number of thiophene rings is 1. The number of benzene rings is 1. The molecule has 4 rings (SSSR count). The lowest BCUT2D eigenvalue weighted by Gasteiger charge is -2.12. The first kappa shape index (κ1) is 22.3. The monoisotopic (exact) mass is 466 g/mol. The van der Waals surface area contributed by atoms with Crippen LogP contribution >= 0.6 is 11.3 Å². The topological polar surface area (TPSA) is 116 Å². The third-order valence-corrected chi connectivity index (χ3v) is 5.89. The van der Waals surface area contributed by atoms with E-state index in [4.69, 9.17) is 14.0 Å². The van der Waals surface area contributed by atoms with Crippen molar-refractivity contribution >= 4 is 34.3 Å². The molecule has 0 aliphatic heterocycles. The van der Waals surface area contributed by atoms with Crippen LogP contribution in [-0.4, -0.2) is 35.7 Å². The third-order valence-electron chi connectivity index (χ3n) is 4.87. The number of nitrogens with one attached hydrogen (secondary N) is 2. The van der Waals surface area contributed by atoms with Crippen LogP contribution in [0.15, 0.2) is 40.9 Å². The summed E-state index contributed by atoms with van der Waals surface area (Å²) in [5.74, 6) is -0.0812. The van der Waals surface area contributed by atoms with E-state index in [-0.39, 0.29) is 5.71 Å². The molecule has 170 valence electrons. The average molecular weight is 467 g/mol. The molecule has 0 saturated carbocycles. The quantitative estimate of drug-likeness (QED) is 0.412. The second-order valence-corrected chi connectivity index (χ2v) is 8.41. The SMILES string of the molecule is CCOc1ccc(C(=O)NNC(=O)c2cc(-c3ccc(C)s3)nc3onc(C)c23)cc1OC. The molecule has 0 fully saturated rings. The molecule has 0 spiro atoms. The molecule has 0 aliphatic carbocycles. The van der Waals surface area contributed by atoms with Gasteiger partial charge in [-0.15, -0.1) is 11.3 Å². The van der Waals surface area contributed by atoms with Gasteiger partial charge in [-0.05, 0) is 57.2 Å². The second kappa shape index (κ2) is 9.29. The van der Waals surface area contributed by atoms with Crippen LogP contribution in [-0.2, 0) is 0 Å². The minimum absolute atomic E-state index is 0.253. The van der Waals surface area contributed by atoms with Gasteiger partial charge in [-0.2, -0.15) is 0 Å². The molecule has 10 heteroatoms. The average Bonchev–Trinajstić information content (AvgIpc) is 3.42. The fourth-order valence-corrected chi connectivity index (χ4v) is 4.14. The van der Waals surface area contributed by atoms with Gasteiger partial charge in [-0.3, -0.25) is 20.4 Å². The molecule has 3 heterocycles. The van der Waals surface area contributed by atoms with Gasteiger partial charge in [-0.25, -0.2) is 4.98 Å². The van der Waals surface area contributed by atoms with Crippen molar-refractivity contribution in [1.29, 1.82) is 0 Å². The van der Waals surface area contributed by atoms with Gasteiger partial charge in [0.05, 0.1) is 40.9 Å². The van der Waals surface area contributed by atoms with Crippen molar-refractivity contribution in [1.82, 2.24) is 21.0 Å². The molecule has 33 heavy (non-hydrogen) atoms. The van der Waals surface area contributed by atoms with Crippen LogP contribution in [0.3, 0.4) is 0 Å². The summed E-state index contributed by atoms with van der Waals surface area (Å²) in [4.78, 5) is 32.2. The molecule has 0 aliphatic rings. The fourth-order valence-electron chi connectivity index (χ4n) is 3.31. The highest BCUT2D eigenvalue weighted by Gasteiger charge is 2.21. The van der Waals surface area contributed by atoms with Gasteiger partial charge in [0.1, 0.15) is 0 Å². The highest BCUT2D eigenvalue weighted by Crippen LogP contribution is 2.31. The highest BCUT2D eigenvalue weighted by atomic mass is 32.1. The van der Waals surface area contributed by atoms with E-state index in [2.05, 4.69) is 21.0 Å². The summed E-state index contributed by atoms with van der Waals surface area (Å²) in [6.07, 6.45) is 0. The summed E-state index contributed by atoms with van der Waals surface area (Å²) in [5, 5.41) is 4.42. The number of pyridine rings is 1. The van der Waals surface area contributed by atoms with E-state index in [1.807, 2.05) is 26.0 Å². The van der Waals surface area contributed by atoms with Gasteiger partial charge in [0.25, 0.3) is 17.5 Å². The maximum absolute atomic E-state index is 13.0. The van der Waals surface area contributed by atoms with Crippen molar-refractivity contribution in [2.75, 3.05) is 13.7 Å². The Labute approximate surface area is 193 Å². The number of carbonyl (C=O) groups excluding carboxylic acids is 2.